The Bertz CT molecular complexity index is 1410. The lowest BCUT2D eigenvalue weighted by molar-refractivity contribution is -0.130. The zero-order valence-corrected chi connectivity index (χ0v) is 21.6. The molecule has 3 amide bonds. The van der Waals surface area contributed by atoms with Crippen molar-refractivity contribution in [1.82, 2.24) is 10.6 Å². The van der Waals surface area contributed by atoms with Gasteiger partial charge in [-0.2, -0.15) is 0 Å². The van der Waals surface area contributed by atoms with Gasteiger partial charge < -0.3 is 15.5 Å². The number of benzodiazepines with no additional fused rings is 1. The fourth-order valence-corrected chi connectivity index (χ4v) is 4.32. The minimum Gasteiger partial charge on any atom is -0.344 e. The van der Waals surface area contributed by atoms with E-state index in [-0.39, 0.29) is 17.7 Å². The van der Waals surface area contributed by atoms with Gasteiger partial charge in [0.05, 0.1) is 17.8 Å². The molecule has 0 bridgehead atoms. The van der Waals surface area contributed by atoms with Crippen LogP contribution in [0.25, 0.3) is 0 Å². The number of amides is 3. The number of halogens is 3. The average molecular weight is 569 g/mol. The molecule has 0 aromatic heterocycles. The van der Waals surface area contributed by atoms with Crippen molar-refractivity contribution in [3.05, 3.63) is 99.5 Å². The summed E-state index contributed by atoms with van der Waals surface area (Å²) in [6.07, 6.45) is -1.50. The van der Waals surface area contributed by atoms with Crippen molar-refractivity contribution >= 4 is 45.1 Å². The molecule has 1 unspecified atom stereocenters. The summed E-state index contributed by atoms with van der Waals surface area (Å²) in [5, 5.41) is 5.10. The van der Waals surface area contributed by atoms with Gasteiger partial charge in [0.1, 0.15) is 17.7 Å². The number of nitrogens with zero attached hydrogens (tertiary/aromatic N) is 2. The maximum atomic E-state index is 14.8. The lowest BCUT2D eigenvalue weighted by Gasteiger charge is -2.22. The maximum Gasteiger partial charge on any atom is 0.272 e. The number of aliphatic imine (C=N–C) groups is 1. The first-order valence-electron chi connectivity index (χ1n) is 11.4. The number of likely N-dealkylation sites (N-methyl/N-ethyl adjacent to an activating group) is 1. The molecule has 0 saturated carbocycles. The Kier molecular flexibility index (Phi) is 7.77. The number of carbonyl (C=O) groups excluding carboxylic acids is 3. The fraction of sp³-hybridized carbons (Fsp3) is 0.185. The van der Waals surface area contributed by atoms with E-state index >= 15 is 0 Å². The summed E-state index contributed by atoms with van der Waals surface area (Å²) in [5.74, 6) is -2.70. The van der Waals surface area contributed by atoms with Crippen molar-refractivity contribution in [3.63, 3.8) is 0 Å². The second kappa shape index (κ2) is 11.0. The van der Waals surface area contributed by atoms with Crippen molar-refractivity contribution in [3.8, 4) is 0 Å². The quantitative estimate of drug-likeness (QED) is 0.474. The third-order valence-corrected chi connectivity index (χ3v) is 6.32. The van der Waals surface area contributed by atoms with Crippen LogP contribution in [0.15, 0.2) is 76.2 Å². The second-order valence-corrected chi connectivity index (χ2v) is 9.44. The predicted octanol–water partition coefficient (Wildman–Crippen LogP) is 3.73. The van der Waals surface area contributed by atoms with Crippen LogP contribution < -0.4 is 15.5 Å². The normalized spacial score (nSPS) is 15.8. The first kappa shape index (κ1) is 26.2. The molecule has 0 aliphatic carbocycles. The number of anilines is 1. The summed E-state index contributed by atoms with van der Waals surface area (Å²) >= 11 is 3.41. The number of hydrogen-bond acceptors (Lipinski definition) is 4. The van der Waals surface area contributed by atoms with Gasteiger partial charge in [0.15, 0.2) is 0 Å². The van der Waals surface area contributed by atoms with Gasteiger partial charge >= 0.3 is 0 Å². The molecule has 2 atom stereocenters. The van der Waals surface area contributed by atoms with E-state index in [1.807, 2.05) is 0 Å². The van der Waals surface area contributed by atoms with E-state index in [9.17, 15) is 23.2 Å². The molecule has 1 aliphatic heterocycles. The topological polar surface area (TPSA) is 90.9 Å². The number of hydrogen-bond donors (Lipinski definition) is 2. The Balaban J connectivity index is 1.59. The van der Waals surface area contributed by atoms with Gasteiger partial charge in [0, 0.05) is 22.6 Å². The summed E-state index contributed by atoms with van der Waals surface area (Å²) in [6, 6.07) is 15.8. The van der Waals surface area contributed by atoms with Gasteiger partial charge in [-0.3, -0.25) is 14.4 Å². The number of nitrogens with one attached hydrogen (secondary N) is 2. The number of rotatable bonds is 6. The van der Waals surface area contributed by atoms with E-state index in [0.29, 0.717) is 21.3 Å². The molecule has 1 aliphatic rings. The third-order valence-electron chi connectivity index (χ3n) is 5.83. The Morgan fingerprint density at radius 2 is 1.81 bits per heavy atom. The zero-order chi connectivity index (χ0) is 26.7. The Morgan fingerprint density at radius 3 is 2.54 bits per heavy atom. The van der Waals surface area contributed by atoms with Crippen molar-refractivity contribution in [1.29, 1.82) is 0 Å². The van der Waals surface area contributed by atoms with Crippen LogP contribution in [-0.4, -0.2) is 42.7 Å². The monoisotopic (exact) mass is 568 g/mol. The van der Waals surface area contributed by atoms with Gasteiger partial charge in [-0.1, -0.05) is 40.2 Å². The fourth-order valence-electron chi connectivity index (χ4n) is 3.96. The molecule has 3 aromatic rings. The molecule has 2 N–H and O–H groups in total. The largest absolute Gasteiger partial charge is 0.344 e. The molecular weight excluding hydrogens is 546 g/mol. The van der Waals surface area contributed by atoms with Crippen LogP contribution >= 0.6 is 15.9 Å². The molecule has 10 heteroatoms. The Labute approximate surface area is 220 Å². The van der Waals surface area contributed by atoms with Gasteiger partial charge in [0.2, 0.25) is 18.0 Å². The van der Waals surface area contributed by atoms with Gasteiger partial charge in [-0.05, 0) is 55.0 Å². The molecule has 0 fully saturated rings. The van der Waals surface area contributed by atoms with Crippen molar-refractivity contribution in [2.24, 2.45) is 4.99 Å². The summed E-state index contributed by atoms with van der Waals surface area (Å²) in [6.45, 7) is 1.46. The van der Waals surface area contributed by atoms with E-state index in [0.717, 1.165) is 0 Å². The second-order valence-electron chi connectivity index (χ2n) is 8.52. The Hall–Kier alpha value is -3.92. The highest BCUT2D eigenvalue weighted by atomic mass is 79.9. The summed E-state index contributed by atoms with van der Waals surface area (Å²) in [5.41, 5.74) is 1.81. The van der Waals surface area contributed by atoms with Crippen LogP contribution in [0.1, 0.15) is 23.6 Å². The van der Waals surface area contributed by atoms with Gasteiger partial charge in [-0.15, -0.1) is 0 Å². The minimum atomic E-state index is -1.37. The van der Waals surface area contributed by atoms with Gasteiger partial charge in [0.25, 0.3) is 5.91 Å². The van der Waals surface area contributed by atoms with Crippen molar-refractivity contribution in [2.45, 2.75) is 25.6 Å². The molecule has 0 spiro atoms. The van der Waals surface area contributed by atoms with Crippen LogP contribution in [0, 0.1) is 11.6 Å². The standard InChI is InChI=1S/C27H23BrF2N4O3/c1-15(31-23(35)13-16-6-5-7-18(29)12-16)26(36)33-25-27(37)34(2)22-11-10-17(28)14-20(22)24(32-25)19-8-3-4-9-21(19)30/h3-12,14-15,25H,13H2,1-2H3,(H,31,35)(H,33,36)/t15-,25?/m0/s1. The van der Waals surface area contributed by atoms with Crippen LogP contribution in [0.5, 0.6) is 0 Å². The average Bonchev–Trinajstić information content (AvgIpc) is 2.94. The first-order chi connectivity index (χ1) is 17.6. The molecule has 3 aromatic carbocycles. The molecule has 0 saturated heterocycles. The molecule has 7 nitrogen and oxygen atoms in total. The van der Waals surface area contributed by atoms with Crippen LogP contribution in [-0.2, 0) is 20.8 Å². The van der Waals surface area contributed by atoms with Crippen molar-refractivity contribution in [2.75, 3.05) is 11.9 Å². The summed E-state index contributed by atoms with van der Waals surface area (Å²) in [7, 11) is 1.54. The minimum absolute atomic E-state index is 0.125. The molecule has 4 rings (SSSR count). The number of benzene rings is 3. The van der Waals surface area contributed by atoms with E-state index < -0.39 is 41.6 Å². The molecule has 190 valence electrons. The molecule has 37 heavy (non-hydrogen) atoms. The lowest BCUT2D eigenvalue weighted by Crippen LogP contribution is -2.52. The van der Waals surface area contributed by atoms with E-state index in [1.54, 1.807) is 42.5 Å². The highest BCUT2D eigenvalue weighted by Gasteiger charge is 2.33. The van der Waals surface area contributed by atoms with Gasteiger partial charge in [-0.25, -0.2) is 13.8 Å². The highest BCUT2D eigenvalue weighted by Crippen LogP contribution is 2.30. The van der Waals surface area contributed by atoms with Crippen LogP contribution in [0.3, 0.4) is 0 Å². The van der Waals surface area contributed by atoms with E-state index in [4.69, 9.17) is 0 Å². The Morgan fingerprint density at radius 1 is 1.05 bits per heavy atom. The summed E-state index contributed by atoms with van der Waals surface area (Å²) in [4.78, 5) is 44.4. The first-order valence-corrected chi connectivity index (χ1v) is 12.2. The van der Waals surface area contributed by atoms with Crippen LogP contribution in [0.2, 0.25) is 0 Å². The van der Waals surface area contributed by atoms with E-state index in [1.165, 1.54) is 43.1 Å². The summed E-state index contributed by atoms with van der Waals surface area (Å²) < 4.78 is 28.9. The van der Waals surface area contributed by atoms with Crippen molar-refractivity contribution < 1.29 is 23.2 Å². The molecule has 0 radical (unpaired) electrons. The number of fused-ring (bicyclic) bond motifs is 1. The molecule has 1 heterocycles. The smallest absolute Gasteiger partial charge is 0.272 e. The zero-order valence-electron chi connectivity index (χ0n) is 20.0. The highest BCUT2D eigenvalue weighted by molar-refractivity contribution is 9.10. The predicted molar refractivity (Wildman–Crippen MR) is 139 cm³/mol. The van der Waals surface area contributed by atoms with E-state index in [2.05, 4.69) is 31.6 Å². The lowest BCUT2D eigenvalue weighted by atomic mass is 10.00. The third kappa shape index (κ3) is 5.91. The number of carbonyl (C=O) groups is 3. The van der Waals surface area contributed by atoms with Crippen LogP contribution in [0.4, 0.5) is 14.5 Å². The maximum absolute atomic E-state index is 14.8. The molecular formula is C27H23BrF2N4O3. The SMILES string of the molecule is C[C@H](NC(=O)Cc1cccc(F)c1)C(=O)NC1N=C(c2ccccc2F)c2cc(Br)ccc2N(C)C1=O.